The van der Waals surface area contributed by atoms with Gasteiger partial charge >= 0.3 is 0 Å². The van der Waals surface area contributed by atoms with Crippen LogP contribution in [0.25, 0.3) is 0 Å². The minimum Gasteiger partial charge on any atom is -0.378 e. The van der Waals surface area contributed by atoms with E-state index in [0.29, 0.717) is 5.78 Å². The smallest absolute Gasteiger partial charge is 0.138 e. The molecule has 1 saturated carbocycles. The molecule has 3 rings (SSSR count). The summed E-state index contributed by atoms with van der Waals surface area (Å²) >= 11 is 0. The van der Waals surface area contributed by atoms with Crippen molar-refractivity contribution in [1.29, 1.82) is 0 Å². The van der Waals surface area contributed by atoms with Gasteiger partial charge in [0.25, 0.3) is 0 Å². The standard InChI is InChI=1S/C20H23NO/c1-15-11-13-17(14-12-15)21-20(16-7-3-2-4-8-16)18-9-5-6-10-19(18)22/h2-4,7-8,11-14,18,20-21H,5-6,9-10H2,1H3/t18-,20-/m0/s1. The molecule has 0 unspecified atom stereocenters. The molecule has 1 N–H and O–H groups in total. The first-order valence-corrected chi connectivity index (χ1v) is 8.15. The highest BCUT2D eigenvalue weighted by atomic mass is 16.1. The number of benzene rings is 2. The van der Waals surface area contributed by atoms with E-state index >= 15 is 0 Å². The van der Waals surface area contributed by atoms with Gasteiger partial charge in [0.05, 0.1) is 6.04 Å². The van der Waals surface area contributed by atoms with Crippen molar-refractivity contribution in [3.63, 3.8) is 0 Å². The van der Waals surface area contributed by atoms with Crippen LogP contribution in [0.4, 0.5) is 5.69 Å². The fourth-order valence-electron chi connectivity index (χ4n) is 3.27. The quantitative estimate of drug-likeness (QED) is 0.868. The second-order valence-electron chi connectivity index (χ2n) is 6.22. The molecule has 0 amide bonds. The van der Waals surface area contributed by atoms with Crippen molar-refractivity contribution in [1.82, 2.24) is 0 Å². The molecule has 1 aliphatic carbocycles. The molecule has 0 spiro atoms. The molecule has 2 heteroatoms. The molecule has 0 aliphatic heterocycles. The number of hydrogen-bond acceptors (Lipinski definition) is 2. The van der Waals surface area contributed by atoms with Gasteiger partial charge in [0.1, 0.15) is 5.78 Å². The Hall–Kier alpha value is -2.09. The maximum Gasteiger partial charge on any atom is 0.138 e. The van der Waals surface area contributed by atoms with Crippen LogP contribution in [0.15, 0.2) is 54.6 Å². The van der Waals surface area contributed by atoms with Crippen molar-refractivity contribution >= 4 is 11.5 Å². The molecule has 0 aromatic heterocycles. The molecule has 114 valence electrons. The van der Waals surface area contributed by atoms with E-state index in [-0.39, 0.29) is 12.0 Å². The van der Waals surface area contributed by atoms with Gasteiger partial charge in [-0.15, -0.1) is 0 Å². The summed E-state index contributed by atoms with van der Waals surface area (Å²) in [4.78, 5) is 12.4. The van der Waals surface area contributed by atoms with E-state index in [0.717, 1.165) is 31.4 Å². The number of ketones is 1. The first-order chi connectivity index (χ1) is 10.7. The predicted molar refractivity (Wildman–Crippen MR) is 90.9 cm³/mol. The van der Waals surface area contributed by atoms with Gasteiger partial charge in [0, 0.05) is 18.0 Å². The number of nitrogens with one attached hydrogen (secondary N) is 1. The van der Waals surface area contributed by atoms with Crippen LogP contribution in [-0.2, 0) is 4.79 Å². The third-order valence-electron chi connectivity index (χ3n) is 4.54. The van der Waals surface area contributed by atoms with Crippen LogP contribution in [0.3, 0.4) is 0 Å². The topological polar surface area (TPSA) is 29.1 Å². The Kier molecular flexibility index (Phi) is 4.57. The van der Waals surface area contributed by atoms with Gasteiger partial charge in [0.15, 0.2) is 0 Å². The summed E-state index contributed by atoms with van der Waals surface area (Å²) in [5.74, 6) is 0.483. The number of aryl methyl sites for hydroxylation is 1. The Bertz CT molecular complexity index is 618. The molecule has 0 radical (unpaired) electrons. The van der Waals surface area contributed by atoms with E-state index in [9.17, 15) is 4.79 Å². The van der Waals surface area contributed by atoms with E-state index in [4.69, 9.17) is 0 Å². The fraction of sp³-hybridized carbons (Fsp3) is 0.350. The molecule has 1 aliphatic rings. The highest BCUT2D eigenvalue weighted by Crippen LogP contribution is 2.34. The monoisotopic (exact) mass is 293 g/mol. The number of hydrogen-bond donors (Lipinski definition) is 1. The molecule has 2 aromatic carbocycles. The molecule has 1 fully saturated rings. The van der Waals surface area contributed by atoms with Crippen LogP contribution < -0.4 is 5.32 Å². The Balaban J connectivity index is 1.88. The Labute approximate surface area is 132 Å². The average molecular weight is 293 g/mol. The zero-order valence-corrected chi connectivity index (χ0v) is 13.1. The lowest BCUT2D eigenvalue weighted by Crippen LogP contribution is -2.30. The van der Waals surface area contributed by atoms with E-state index in [1.165, 1.54) is 11.1 Å². The Morgan fingerprint density at radius 3 is 2.41 bits per heavy atom. The lowest BCUT2D eigenvalue weighted by molar-refractivity contribution is -0.125. The van der Waals surface area contributed by atoms with Crippen LogP contribution in [0.1, 0.15) is 42.9 Å². The minimum atomic E-state index is 0.0664. The first-order valence-electron chi connectivity index (χ1n) is 8.15. The van der Waals surface area contributed by atoms with Gasteiger partial charge < -0.3 is 5.32 Å². The van der Waals surface area contributed by atoms with Gasteiger partial charge in [-0.1, -0.05) is 54.4 Å². The summed E-state index contributed by atoms with van der Waals surface area (Å²) < 4.78 is 0. The van der Waals surface area contributed by atoms with Crippen molar-refractivity contribution < 1.29 is 4.79 Å². The molecule has 22 heavy (non-hydrogen) atoms. The zero-order chi connectivity index (χ0) is 15.4. The number of carbonyl (C=O) groups is 1. The van der Waals surface area contributed by atoms with Crippen LogP contribution >= 0.6 is 0 Å². The van der Waals surface area contributed by atoms with Crippen LogP contribution in [0.2, 0.25) is 0 Å². The van der Waals surface area contributed by atoms with E-state index in [1.807, 2.05) is 18.2 Å². The molecule has 2 nitrogen and oxygen atoms in total. The zero-order valence-electron chi connectivity index (χ0n) is 13.1. The highest BCUT2D eigenvalue weighted by molar-refractivity contribution is 5.83. The summed E-state index contributed by atoms with van der Waals surface area (Å²) in [6, 6.07) is 18.8. The van der Waals surface area contributed by atoms with Gasteiger partial charge in [-0.05, 0) is 37.5 Å². The van der Waals surface area contributed by atoms with E-state index in [2.05, 4.69) is 48.6 Å². The molecular formula is C20H23NO. The normalized spacial score (nSPS) is 19.7. The molecular weight excluding hydrogens is 270 g/mol. The average Bonchev–Trinajstić information content (AvgIpc) is 2.56. The lowest BCUT2D eigenvalue weighted by atomic mass is 9.80. The van der Waals surface area contributed by atoms with Crippen molar-refractivity contribution in [2.24, 2.45) is 5.92 Å². The highest BCUT2D eigenvalue weighted by Gasteiger charge is 2.31. The predicted octanol–water partition coefficient (Wildman–Crippen LogP) is 4.91. The van der Waals surface area contributed by atoms with E-state index in [1.54, 1.807) is 0 Å². The van der Waals surface area contributed by atoms with Gasteiger partial charge in [0.2, 0.25) is 0 Å². The number of Topliss-reactive ketones (excluding diaryl/α,β-unsaturated/α-hetero) is 1. The number of anilines is 1. The minimum absolute atomic E-state index is 0.0664. The van der Waals surface area contributed by atoms with Gasteiger partial charge in [-0.2, -0.15) is 0 Å². The van der Waals surface area contributed by atoms with Crippen LogP contribution in [-0.4, -0.2) is 5.78 Å². The Morgan fingerprint density at radius 1 is 1.00 bits per heavy atom. The van der Waals surface area contributed by atoms with Gasteiger partial charge in [-0.3, -0.25) is 4.79 Å². The number of rotatable bonds is 4. The van der Waals surface area contributed by atoms with Crippen molar-refractivity contribution in [3.8, 4) is 0 Å². The third-order valence-corrected chi connectivity index (χ3v) is 4.54. The van der Waals surface area contributed by atoms with E-state index < -0.39 is 0 Å². The second-order valence-corrected chi connectivity index (χ2v) is 6.22. The fourth-order valence-corrected chi connectivity index (χ4v) is 3.27. The number of carbonyl (C=O) groups excluding carboxylic acids is 1. The third kappa shape index (κ3) is 3.38. The maximum absolute atomic E-state index is 12.4. The SMILES string of the molecule is Cc1ccc(N[C@@H](c2ccccc2)[C@H]2CCCCC2=O)cc1. The summed E-state index contributed by atoms with van der Waals surface area (Å²) in [5.41, 5.74) is 3.52. The summed E-state index contributed by atoms with van der Waals surface area (Å²) in [5, 5.41) is 3.60. The molecule has 2 aromatic rings. The molecule has 2 atom stereocenters. The van der Waals surface area contributed by atoms with Crippen molar-refractivity contribution in [2.45, 2.75) is 38.6 Å². The van der Waals surface area contributed by atoms with Crippen LogP contribution in [0, 0.1) is 12.8 Å². The summed E-state index contributed by atoms with van der Waals surface area (Å²) in [7, 11) is 0. The largest absolute Gasteiger partial charge is 0.378 e. The molecule has 0 bridgehead atoms. The molecule has 0 heterocycles. The first kappa shape index (κ1) is 14.8. The summed E-state index contributed by atoms with van der Waals surface area (Å²) in [6.07, 6.45) is 3.90. The lowest BCUT2D eigenvalue weighted by Gasteiger charge is -2.31. The van der Waals surface area contributed by atoms with Crippen molar-refractivity contribution in [3.05, 3.63) is 65.7 Å². The molecule has 0 saturated heterocycles. The van der Waals surface area contributed by atoms with Gasteiger partial charge in [-0.25, -0.2) is 0 Å². The van der Waals surface area contributed by atoms with Crippen LogP contribution in [0.5, 0.6) is 0 Å². The summed E-state index contributed by atoms with van der Waals surface area (Å²) in [6.45, 7) is 2.09. The second kappa shape index (κ2) is 6.78. The Morgan fingerprint density at radius 2 is 1.73 bits per heavy atom. The van der Waals surface area contributed by atoms with Crippen molar-refractivity contribution in [2.75, 3.05) is 5.32 Å². The maximum atomic E-state index is 12.4.